The van der Waals surface area contributed by atoms with Crippen molar-refractivity contribution in [2.45, 2.75) is 40.2 Å². The molecule has 0 bridgehead atoms. The van der Waals surface area contributed by atoms with E-state index >= 15 is 0 Å². The van der Waals surface area contributed by atoms with Crippen molar-refractivity contribution < 1.29 is 14.3 Å². The quantitative estimate of drug-likeness (QED) is 0.588. The molecule has 2 rings (SSSR count). The Bertz CT molecular complexity index is 745. The molecule has 7 heteroatoms. The fourth-order valence-electron chi connectivity index (χ4n) is 2.93. The Morgan fingerprint density at radius 1 is 1.31 bits per heavy atom. The summed E-state index contributed by atoms with van der Waals surface area (Å²) in [5.74, 6) is -0.435. The Balaban J connectivity index is 2.46. The first kappa shape index (κ1) is 19.9. The standard InChI is InChI=1S/C19H25N3O3S/c1-5-15(23)20-14-10-8-9-13(11-14)17-16(18(24)25-7-3)12(4)22(6-2)19(26)21-17/h8-11,17H,5-7H2,1-4H3,(H,20,23)(H,21,26). The number of allylic oxidation sites excluding steroid dienone is 1. The largest absolute Gasteiger partial charge is 0.463 e. The second kappa shape index (κ2) is 8.80. The van der Waals surface area contributed by atoms with Crippen LogP contribution in [-0.2, 0) is 14.3 Å². The van der Waals surface area contributed by atoms with E-state index in [-0.39, 0.29) is 11.9 Å². The van der Waals surface area contributed by atoms with Crippen LogP contribution in [-0.4, -0.2) is 35.0 Å². The molecule has 140 valence electrons. The molecule has 26 heavy (non-hydrogen) atoms. The van der Waals surface area contributed by atoms with Gasteiger partial charge in [0.15, 0.2) is 5.11 Å². The van der Waals surface area contributed by atoms with Crippen molar-refractivity contribution in [3.63, 3.8) is 0 Å². The Kier molecular flexibility index (Phi) is 6.74. The number of rotatable bonds is 6. The maximum atomic E-state index is 12.6. The minimum atomic E-state index is -0.428. The third-order valence-electron chi connectivity index (χ3n) is 4.23. The minimum absolute atomic E-state index is 0.0660. The van der Waals surface area contributed by atoms with Crippen molar-refractivity contribution in [3.05, 3.63) is 41.1 Å². The van der Waals surface area contributed by atoms with Crippen LogP contribution >= 0.6 is 12.2 Å². The van der Waals surface area contributed by atoms with Gasteiger partial charge in [0.05, 0.1) is 18.2 Å². The van der Waals surface area contributed by atoms with E-state index in [1.165, 1.54) is 0 Å². The van der Waals surface area contributed by atoms with Gasteiger partial charge in [-0.25, -0.2) is 4.79 Å². The molecule has 1 aliphatic rings. The SMILES string of the molecule is CCOC(=O)C1=C(C)N(CC)C(=S)NC1c1cccc(NC(=O)CC)c1. The van der Waals surface area contributed by atoms with Gasteiger partial charge in [-0.2, -0.15) is 0 Å². The molecule has 1 aromatic carbocycles. The maximum Gasteiger partial charge on any atom is 0.338 e. The lowest BCUT2D eigenvalue weighted by atomic mass is 9.94. The summed E-state index contributed by atoms with van der Waals surface area (Å²) in [5, 5.41) is 6.64. The molecule has 0 saturated carbocycles. The van der Waals surface area contributed by atoms with Gasteiger partial charge in [-0.1, -0.05) is 19.1 Å². The van der Waals surface area contributed by atoms with Crippen LogP contribution < -0.4 is 10.6 Å². The van der Waals surface area contributed by atoms with E-state index in [2.05, 4.69) is 10.6 Å². The first-order valence-electron chi connectivity index (χ1n) is 8.78. The second-order valence-electron chi connectivity index (χ2n) is 5.87. The van der Waals surface area contributed by atoms with Crippen LogP contribution in [0.25, 0.3) is 0 Å². The van der Waals surface area contributed by atoms with E-state index in [4.69, 9.17) is 17.0 Å². The van der Waals surface area contributed by atoms with E-state index in [0.29, 0.717) is 35.9 Å². The van der Waals surface area contributed by atoms with E-state index in [9.17, 15) is 9.59 Å². The van der Waals surface area contributed by atoms with Gasteiger partial charge in [0.25, 0.3) is 0 Å². The number of benzene rings is 1. The van der Waals surface area contributed by atoms with Crippen molar-refractivity contribution in [2.75, 3.05) is 18.5 Å². The summed E-state index contributed by atoms with van der Waals surface area (Å²) in [4.78, 5) is 26.2. The number of nitrogens with zero attached hydrogens (tertiary/aromatic N) is 1. The average molecular weight is 375 g/mol. The van der Waals surface area contributed by atoms with Crippen molar-refractivity contribution in [1.29, 1.82) is 0 Å². The van der Waals surface area contributed by atoms with Crippen LogP contribution in [0.15, 0.2) is 35.5 Å². The Hall–Kier alpha value is -2.41. The van der Waals surface area contributed by atoms with Gasteiger partial charge in [0.1, 0.15) is 0 Å². The number of amides is 1. The molecule has 0 fully saturated rings. The predicted molar refractivity (Wildman–Crippen MR) is 106 cm³/mol. The molecule has 0 spiro atoms. The van der Waals surface area contributed by atoms with Gasteiger partial charge in [-0.15, -0.1) is 0 Å². The molecule has 1 atom stereocenters. The Morgan fingerprint density at radius 3 is 2.65 bits per heavy atom. The van der Waals surface area contributed by atoms with Crippen LogP contribution in [0.5, 0.6) is 0 Å². The highest BCUT2D eigenvalue weighted by Crippen LogP contribution is 2.32. The van der Waals surface area contributed by atoms with Gasteiger partial charge in [-0.05, 0) is 50.7 Å². The molecule has 6 nitrogen and oxygen atoms in total. The summed E-state index contributed by atoms with van der Waals surface area (Å²) in [6.45, 7) is 8.37. The summed E-state index contributed by atoms with van der Waals surface area (Å²) < 4.78 is 5.27. The third kappa shape index (κ3) is 4.22. The summed E-state index contributed by atoms with van der Waals surface area (Å²) in [7, 11) is 0. The number of carbonyl (C=O) groups is 2. The smallest absolute Gasteiger partial charge is 0.338 e. The van der Waals surface area contributed by atoms with Gasteiger partial charge in [0, 0.05) is 24.4 Å². The molecule has 1 aromatic rings. The van der Waals surface area contributed by atoms with Crippen molar-refractivity contribution in [3.8, 4) is 0 Å². The minimum Gasteiger partial charge on any atom is -0.463 e. The zero-order chi connectivity index (χ0) is 19.3. The van der Waals surface area contributed by atoms with Gasteiger partial charge in [0.2, 0.25) is 5.91 Å². The normalized spacial score (nSPS) is 17.0. The summed E-state index contributed by atoms with van der Waals surface area (Å²) in [6.07, 6.45) is 0.397. The van der Waals surface area contributed by atoms with E-state index in [1.54, 1.807) is 13.8 Å². The van der Waals surface area contributed by atoms with Crippen molar-refractivity contribution >= 4 is 34.9 Å². The second-order valence-corrected chi connectivity index (χ2v) is 6.26. The highest BCUT2D eigenvalue weighted by molar-refractivity contribution is 7.80. The first-order chi connectivity index (χ1) is 12.4. The highest BCUT2D eigenvalue weighted by atomic mass is 32.1. The molecular formula is C19H25N3O3S. The number of thiocarbonyl (C=S) groups is 1. The highest BCUT2D eigenvalue weighted by Gasteiger charge is 2.34. The number of ether oxygens (including phenoxy) is 1. The lowest BCUT2D eigenvalue weighted by molar-refractivity contribution is -0.139. The van der Waals surface area contributed by atoms with Gasteiger partial charge < -0.3 is 20.3 Å². The number of hydrogen-bond donors (Lipinski definition) is 2. The number of esters is 1. The predicted octanol–water partition coefficient (Wildman–Crippen LogP) is 3.12. The summed E-state index contributed by atoms with van der Waals surface area (Å²) in [6, 6.07) is 6.98. The van der Waals surface area contributed by atoms with E-state index < -0.39 is 6.04 Å². The number of anilines is 1. The molecule has 1 unspecified atom stereocenters. The fraction of sp³-hybridized carbons (Fsp3) is 0.421. The molecular weight excluding hydrogens is 350 g/mol. The third-order valence-corrected chi connectivity index (χ3v) is 4.57. The number of nitrogens with one attached hydrogen (secondary N) is 2. The first-order valence-corrected chi connectivity index (χ1v) is 9.19. The Morgan fingerprint density at radius 2 is 2.04 bits per heavy atom. The van der Waals surface area contributed by atoms with Crippen LogP contribution in [0.3, 0.4) is 0 Å². The van der Waals surface area contributed by atoms with Crippen molar-refractivity contribution in [1.82, 2.24) is 10.2 Å². The zero-order valence-electron chi connectivity index (χ0n) is 15.6. The molecule has 1 aliphatic heterocycles. The van der Waals surface area contributed by atoms with Gasteiger partial charge in [-0.3, -0.25) is 4.79 Å². The molecule has 0 saturated heterocycles. The van der Waals surface area contributed by atoms with Crippen LogP contribution in [0.2, 0.25) is 0 Å². The lowest BCUT2D eigenvalue weighted by Crippen LogP contribution is -2.47. The maximum absolute atomic E-state index is 12.6. The average Bonchev–Trinajstić information content (AvgIpc) is 2.61. The Labute approximate surface area is 159 Å². The monoisotopic (exact) mass is 375 g/mol. The van der Waals surface area contributed by atoms with Crippen LogP contribution in [0, 0.1) is 0 Å². The van der Waals surface area contributed by atoms with Crippen LogP contribution in [0.1, 0.15) is 45.7 Å². The number of carbonyl (C=O) groups excluding carboxylic acids is 2. The summed E-state index contributed by atoms with van der Waals surface area (Å²) in [5.41, 5.74) is 2.82. The number of hydrogen-bond acceptors (Lipinski definition) is 4. The molecule has 0 aromatic heterocycles. The van der Waals surface area contributed by atoms with Crippen LogP contribution in [0.4, 0.5) is 5.69 Å². The molecule has 1 heterocycles. The molecule has 2 N–H and O–H groups in total. The molecule has 0 aliphatic carbocycles. The van der Waals surface area contributed by atoms with E-state index in [1.807, 2.05) is 43.0 Å². The molecule has 1 amide bonds. The topological polar surface area (TPSA) is 70.7 Å². The summed E-state index contributed by atoms with van der Waals surface area (Å²) >= 11 is 5.46. The fourth-order valence-corrected chi connectivity index (χ4v) is 3.31. The van der Waals surface area contributed by atoms with E-state index in [0.717, 1.165) is 11.3 Å². The lowest BCUT2D eigenvalue weighted by Gasteiger charge is -2.37. The molecule has 0 radical (unpaired) electrons. The van der Waals surface area contributed by atoms with Crippen molar-refractivity contribution in [2.24, 2.45) is 0 Å². The van der Waals surface area contributed by atoms with Gasteiger partial charge >= 0.3 is 5.97 Å². The zero-order valence-corrected chi connectivity index (χ0v) is 16.4.